The van der Waals surface area contributed by atoms with E-state index in [1.54, 1.807) is 16.3 Å². The summed E-state index contributed by atoms with van der Waals surface area (Å²) in [6, 6.07) is 0.547. The van der Waals surface area contributed by atoms with Crippen LogP contribution in [0.5, 0.6) is 0 Å². The van der Waals surface area contributed by atoms with Gasteiger partial charge >= 0.3 is 5.69 Å². The first-order valence-corrected chi connectivity index (χ1v) is 6.26. The summed E-state index contributed by atoms with van der Waals surface area (Å²) in [5.41, 5.74) is 5.73. The lowest BCUT2D eigenvalue weighted by Crippen LogP contribution is -2.22. The molecule has 1 aromatic rings. The van der Waals surface area contributed by atoms with E-state index in [1.807, 2.05) is 0 Å². The predicted octanol–water partition coefficient (Wildman–Crippen LogP) is 0.736. The molecule has 1 aliphatic rings. The second-order valence-electron chi connectivity index (χ2n) is 3.89. The van der Waals surface area contributed by atoms with E-state index in [1.165, 1.54) is 0 Å². The van der Waals surface area contributed by atoms with Crippen LogP contribution in [-0.4, -0.2) is 26.6 Å². The molecule has 0 saturated heterocycles. The molecule has 15 heavy (non-hydrogen) atoms. The number of H-pyrrole nitrogens is 1. The fourth-order valence-electron chi connectivity index (χ4n) is 1.35. The summed E-state index contributed by atoms with van der Waals surface area (Å²) in [5, 5.41) is 7.30. The van der Waals surface area contributed by atoms with Gasteiger partial charge in [0.15, 0.2) is 5.16 Å². The zero-order valence-corrected chi connectivity index (χ0v) is 9.59. The molecule has 0 aromatic carbocycles. The summed E-state index contributed by atoms with van der Waals surface area (Å²) in [4.78, 5) is 11.4. The van der Waals surface area contributed by atoms with E-state index < -0.39 is 0 Å². The highest BCUT2D eigenvalue weighted by Crippen LogP contribution is 2.36. The van der Waals surface area contributed by atoms with Gasteiger partial charge in [0.2, 0.25) is 0 Å². The van der Waals surface area contributed by atoms with Crippen LogP contribution in [0.3, 0.4) is 0 Å². The number of nitrogens with two attached hydrogens (primary N) is 1. The maximum absolute atomic E-state index is 11.4. The normalized spacial score (nSPS) is 18.0. The van der Waals surface area contributed by atoms with E-state index in [-0.39, 0.29) is 11.7 Å². The number of nitrogens with zero attached hydrogens (tertiary/aromatic N) is 2. The van der Waals surface area contributed by atoms with E-state index >= 15 is 0 Å². The van der Waals surface area contributed by atoms with Gasteiger partial charge < -0.3 is 5.73 Å². The Balaban J connectivity index is 2.04. The van der Waals surface area contributed by atoms with Crippen molar-refractivity contribution in [1.29, 1.82) is 0 Å². The maximum Gasteiger partial charge on any atom is 0.344 e. The number of aromatic nitrogens is 3. The van der Waals surface area contributed by atoms with Crippen molar-refractivity contribution >= 4 is 11.8 Å². The van der Waals surface area contributed by atoms with Crippen LogP contribution in [0.15, 0.2) is 9.95 Å². The molecule has 1 fully saturated rings. The molecule has 0 spiro atoms. The summed E-state index contributed by atoms with van der Waals surface area (Å²) in [6.45, 7) is 2.06. The molecular formula is C9H16N4OS. The molecule has 1 saturated carbocycles. The van der Waals surface area contributed by atoms with Crippen molar-refractivity contribution in [2.75, 3.05) is 5.75 Å². The quantitative estimate of drug-likeness (QED) is 0.729. The van der Waals surface area contributed by atoms with E-state index in [0.717, 1.165) is 30.2 Å². The molecule has 2 rings (SSSR count). The Morgan fingerprint density at radius 3 is 3.07 bits per heavy atom. The van der Waals surface area contributed by atoms with Gasteiger partial charge in [-0.3, -0.25) is 4.57 Å². The molecule has 0 amide bonds. The van der Waals surface area contributed by atoms with Crippen LogP contribution in [0.25, 0.3) is 0 Å². The fraction of sp³-hybridized carbons (Fsp3) is 0.778. The summed E-state index contributed by atoms with van der Waals surface area (Å²) in [6.07, 6.45) is 3.13. The second kappa shape index (κ2) is 4.40. The second-order valence-corrected chi connectivity index (χ2v) is 4.88. The Morgan fingerprint density at radius 1 is 1.73 bits per heavy atom. The third-order valence-corrected chi connectivity index (χ3v) is 3.68. The minimum atomic E-state index is -0.0925. The first-order valence-electron chi connectivity index (χ1n) is 5.27. The van der Waals surface area contributed by atoms with Crippen LogP contribution in [0.4, 0.5) is 0 Å². The number of rotatable bonds is 5. The highest BCUT2D eigenvalue weighted by Gasteiger charge is 2.28. The van der Waals surface area contributed by atoms with Crippen LogP contribution in [0.2, 0.25) is 0 Å². The van der Waals surface area contributed by atoms with Gasteiger partial charge in [0.1, 0.15) is 0 Å². The zero-order chi connectivity index (χ0) is 10.8. The number of hydrogen-bond donors (Lipinski definition) is 2. The molecule has 84 valence electrons. The number of nitrogens with one attached hydrogen (secondary N) is 1. The number of hydrogen-bond acceptors (Lipinski definition) is 4. The molecule has 1 aromatic heterocycles. The van der Waals surface area contributed by atoms with Crippen LogP contribution < -0.4 is 11.4 Å². The standard InChI is InChI=1S/C9H16N4OS/c1-2-6(10)5-15-9-12-11-8(14)13(9)7-3-4-7/h6-7H,2-5,10H2,1H3,(H,11,14). The largest absolute Gasteiger partial charge is 0.344 e. The van der Waals surface area contributed by atoms with Crippen LogP contribution in [0.1, 0.15) is 32.2 Å². The lowest BCUT2D eigenvalue weighted by atomic mass is 10.3. The van der Waals surface area contributed by atoms with Gasteiger partial charge in [-0.05, 0) is 19.3 Å². The third-order valence-electron chi connectivity index (χ3n) is 2.53. The SMILES string of the molecule is CCC(N)CSc1n[nH]c(=O)n1C1CC1. The molecule has 1 aliphatic carbocycles. The molecule has 5 nitrogen and oxygen atoms in total. The van der Waals surface area contributed by atoms with E-state index in [0.29, 0.717) is 6.04 Å². The lowest BCUT2D eigenvalue weighted by molar-refractivity contribution is 0.640. The first-order chi connectivity index (χ1) is 7.22. The molecule has 0 radical (unpaired) electrons. The molecule has 1 heterocycles. The highest BCUT2D eigenvalue weighted by atomic mass is 32.2. The van der Waals surface area contributed by atoms with Crippen LogP contribution in [-0.2, 0) is 0 Å². The molecule has 3 N–H and O–H groups in total. The average Bonchev–Trinajstić information content (AvgIpc) is 3.00. The van der Waals surface area contributed by atoms with Gasteiger partial charge in [-0.1, -0.05) is 18.7 Å². The summed E-state index contributed by atoms with van der Waals surface area (Å²) < 4.78 is 1.76. The predicted molar refractivity (Wildman–Crippen MR) is 60.1 cm³/mol. The van der Waals surface area contributed by atoms with Gasteiger partial charge in [-0.25, -0.2) is 9.89 Å². The maximum atomic E-state index is 11.4. The van der Waals surface area contributed by atoms with E-state index in [2.05, 4.69) is 17.1 Å². The Bertz CT molecular complexity index is 382. The topological polar surface area (TPSA) is 76.7 Å². The van der Waals surface area contributed by atoms with Crippen molar-refractivity contribution < 1.29 is 0 Å². The van der Waals surface area contributed by atoms with Crippen molar-refractivity contribution in [3.63, 3.8) is 0 Å². The van der Waals surface area contributed by atoms with Gasteiger partial charge in [-0.15, -0.1) is 5.10 Å². The minimum Gasteiger partial charge on any atom is -0.327 e. The van der Waals surface area contributed by atoms with Crippen molar-refractivity contribution in [3.05, 3.63) is 10.5 Å². The van der Waals surface area contributed by atoms with Gasteiger partial charge in [0, 0.05) is 17.8 Å². The lowest BCUT2D eigenvalue weighted by Gasteiger charge is -2.07. The third kappa shape index (κ3) is 2.43. The Kier molecular flexibility index (Phi) is 3.16. The summed E-state index contributed by atoms with van der Waals surface area (Å²) >= 11 is 1.56. The number of thioether (sulfide) groups is 1. The highest BCUT2D eigenvalue weighted by molar-refractivity contribution is 7.99. The monoisotopic (exact) mass is 228 g/mol. The van der Waals surface area contributed by atoms with E-state index in [4.69, 9.17) is 5.73 Å². The number of aromatic amines is 1. The molecule has 6 heteroatoms. The molecule has 0 bridgehead atoms. The molecule has 0 aliphatic heterocycles. The Morgan fingerprint density at radius 2 is 2.47 bits per heavy atom. The van der Waals surface area contributed by atoms with Crippen molar-refractivity contribution in [3.8, 4) is 0 Å². The van der Waals surface area contributed by atoms with Crippen molar-refractivity contribution in [1.82, 2.24) is 14.8 Å². The Labute approximate surface area is 92.4 Å². The van der Waals surface area contributed by atoms with Gasteiger partial charge in [0.05, 0.1) is 0 Å². The first kappa shape index (κ1) is 10.8. The zero-order valence-electron chi connectivity index (χ0n) is 8.77. The molecule has 1 unspecified atom stereocenters. The molecule has 1 atom stereocenters. The van der Waals surface area contributed by atoms with Crippen molar-refractivity contribution in [2.45, 2.75) is 43.4 Å². The van der Waals surface area contributed by atoms with E-state index in [9.17, 15) is 4.79 Å². The summed E-state index contributed by atoms with van der Waals surface area (Å²) in [7, 11) is 0. The minimum absolute atomic E-state index is 0.0925. The average molecular weight is 228 g/mol. The fourth-order valence-corrected chi connectivity index (χ4v) is 2.43. The van der Waals surface area contributed by atoms with Crippen LogP contribution >= 0.6 is 11.8 Å². The van der Waals surface area contributed by atoms with Gasteiger partial charge in [0.25, 0.3) is 0 Å². The summed E-state index contributed by atoms with van der Waals surface area (Å²) in [5.74, 6) is 0.813. The Hall–Kier alpha value is -0.750. The van der Waals surface area contributed by atoms with Gasteiger partial charge in [-0.2, -0.15) is 0 Å². The molecular weight excluding hydrogens is 212 g/mol. The van der Waals surface area contributed by atoms with Crippen molar-refractivity contribution in [2.24, 2.45) is 5.73 Å². The smallest absolute Gasteiger partial charge is 0.327 e. The van der Waals surface area contributed by atoms with Crippen LogP contribution in [0, 0.1) is 0 Å².